The smallest absolute Gasteiger partial charge is 0.273 e. The van der Waals surface area contributed by atoms with Gasteiger partial charge in [0.2, 0.25) is 0 Å². The predicted molar refractivity (Wildman–Crippen MR) is 110 cm³/mol. The second-order valence-electron chi connectivity index (χ2n) is 6.73. The summed E-state index contributed by atoms with van der Waals surface area (Å²) in [6.45, 7) is 2.02. The Morgan fingerprint density at radius 1 is 1.10 bits per heavy atom. The number of carbonyl (C=O) groups excluding carboxylic acids is 2. The van der Waals surface area contributed by atoms with Gasteiger partial charge in [0.05, 0.1) is 17.9 Å². The SMILES string of the molecule is CC(=O)C1CC(C(=O)Nc2ccn(Cc3ccccn3)n2)=NN1c1ccccc1. The van der Waals surface area contributed by atoms with E-state index in [9.17, 15) is 9.59 Å². The van der Waals surface area contributed by atoms with E-state index in [4.69, 9.17) is 0 Å². The van der Waals surface area contributed by atoms with Crippen LogP contribution in [-0.4, -0.2) is 38.2 Å². The molecule has 0 aliphatic carbocycles. The van der Waals surface area contributed by atoms with Gasteiger partial charge >= 0.3 is 0 Å². The number of nitrogens with one attached hydrogen (secondary N) is 1. The van der Waals surface area contributed by atoms with Crippen molar-refractivity contribution in [3.63, 3.8) is 0 Å². The quantitative estimate of drug-likeness (QED) is 0.700. The summed E-state index contributed by atoms with van der Waals surface area (Å²) >= 11 is 0. The van der Waals surface area contributed by atoms with Gasteiger partial charge < -0.3 is 5.32 Å². The van der Waals surface area contributed by atoms with Gasteiger partial charge in [0.1, 0.15) is 11.8 Å². The number of rotatable bonds is 6. The Kier molecular flexibility index (Phi) is 5.15. The van der Waals surface area contributed by atoms with E-state index in [1.165, 1.54) is 6.92 Å². The third kappa shape index (κ3) is 4.21. The van der Waals surface area contributed by atoms with Gasteiger partial charge in [0.25, 0.3) is 5.91 Å². The highest BCUT2D eigenvalue weighted by atomic mass is 16.2. The van der Waals surface area contributed by atoms with Crippen LogP contribution in [0.3, 0.4) is 0 Å². The van der Waals surface area contributed by atoms with Crippen molar-refractivity contribution in [2.45, 2.75) is 25.9 Å². The van der Waals surface area contributed by atoms with Gasteiger partial charge in [0.15, 0.2) is 11.6 Å². The van der Waals surface area contributed by atoms with Crippen LogP contribution >= 0.6 is 0 Å². The van der Waals surface area contributed by atoms with E-state index in [1.54, 1.807) is 28.2 Å². The zero-order chi connectivity index (χ0) is 20.2. The normalized spacial score (nSPS) is 15.8. The van der Waals surface area contributed by atoms with Crippen LogP contribution in [0.25, 0.3) is 0 Å². The molecule has 8 nitrogen and oxygen atoms in total. The summed E-state index contributed by atoms with van der Waals surface area (Å²) < 4.78 is 1.70. The number of benzene rings is 1. The molecule has 0 fully saturated rings. The molecule has 29 heavy (non-hydrogen) atoms. The Morgan fingerprint density at radius 2 is 1.90 bits per heavy atom. The molecule has 2 aromatic heterocycles. The highest BCUT2D eigenvalue weighted by molar-refractivity contribution is 6.44. The molecule has 0 bridgehead atoms. The fourth-order valence-corrected chi connectivity index (χ4v) is 3.15. The van der Waals surface area contributed by atoms with E-state index in [-0.39, 0.29) is 18.1 Å². The number of aromatic nitrogens is 3. The van der Waals surface area contributed by atoms with Crippen LogP contribution in [-0.2, 0) is 16.1 Å². The van der Waals surface area contributed by atoms with E-state index < -0.39 is 6.04 Å². The third-order valence-corrected chi connectivity index (χ3v) is 4.59. The molecule has 0 spiro atoms. The zero-order valence-electron chi connectivity index (χ0n) is 15.9. The number of hydrogen-bond donors (Lipinski definition) is 1. The number of amides is 1. The summed E-state index contributed by atoms with van der Waals surface area (Å²) in [5.74, 6) is 0.0176. The lowest BCUT2D eigenvalue weighted by Crippen LogP contribution is -2.33. The number of para-hydroxylation sites is 1. The van der Waals surface area contributed by atoms with Crippen molar-refractivity contribution in [1.29, 1.82) is 0 Å². The van der Waals surface area contributed by atoms with Gasteiger partial charge in [-0.2, -0.15) is 10.2 Å². The highest BCUT2D eigenvalue weighted by Gasteiger charge is 2.34. The average Bonchev–Trinajstić information content (AvgIpc) is 3.37. The van der Waals surface area contributed by atoms with Crippen molar-refractivity contribution < 1.29 is 9.59 Å². The fraction of sp³-hybridized carbons (Fsp3) is 0.190. The summed E-state index contributed by atoms with van der Waals surface area (Å²) in [6, 6.07) is 16.3. The summed E-state index contributed by atoms with van der Waals surface area (Å²) in [5, 5.41) is 13.1. The van der Waals surface area contributed by atoms with Crippen LogP contribution < -0.4 is 10.3 Å². The van der Waals surface area contributed by atoms with E-state index >= 15 is 0 Å². The molecule has 1 amide bonds. The number of pyridine rings is 1. The van der Waals surface area contributed by atoms with E-state index in [1.807, 2.05) is 48.5 Å². The van der Waals surface area contributed by atoms with Gasteiger partial charge in [-0.1, -0.05) is 24.3 Å². The van der Waals surface area contributed by atoms with Crippen LogP contribution in [0.5, 0.6) is 0 Å². The van der Waals surface area contributed by atoms with Gasteiger partial charge in [-0.15, -0.1) is 0 Å². The van der Waals surface area contributed by atoms with E-state index in [0.29, 0.717) is 18.1 Å². The monoisotopic (exact) mass is 388 g/mol. The summed E-state index contributed by atoms with van der Waals surface area (Å²) in [5.41, 5.74) is 1.94. The molecule has 8 heteroatoms. The van der Waals surface area contributed by atoms with E-state index in [0.717, 1.165) is 11.4 Å². The van der Waals surface area contributed by atoms with Gasteiger partial charge in [-0.3, -0.25) is 24.3 Å². The molecule has 1 aromatic carbocycles. The van der Waals surface area contributed by atoms with Gasteiger partial charge in [-0.05, 0) is 31.2 Å². The number of Topliss-reactive ketones (excluding diaryl/α,β-unsaturated/α-hetero) is 1. The highest BCUT2D eigenvalue weighted by Crippen LogP contribution is 2.25. The molecule has 1 unspecified atom stereocenters. The molecule has 3 heterocycles. The maximum Gasteiger partial charge on any atom is 0.273 e. The summed E-state index contributed by atoms with van der Waals surface area (Å²) in [4.78, 5) is 29.0. The van der Waals surface area contributed by atoms with Crippen LogP contribution in [0.1, 0.15) is 19.0 Å². The Morgan fingerprint density at radius 3 is 2.62 bits per heavy atom. The second-order valence-corrected chi connectivity index (χ2v) is 6.73. The molecule has 3 aromatic rings. The van der Waals surface area contributed by atoms with Crippen LogP contribution in [0, 0.1) is 0 Å². The third-order valence-electron chi connectivity index (χ3n) is 4.59. The first-order valence-electron chi connectivity index (χ1n) is 9.27. The first-order valence-corrected chi connectivity index (χ1v) is 9.27. The zero-order valence-corrected chi connectivity index (χ0v) is 15.9. The molecule has 1 aliphatic rings. The molecule has 4 rings (SSSR count). The molecule has 1 aliphatic heterocycles. The first kappa shape index (κ1) is 18.5. The number of hydrazone groups is 1. The number of carbonyl (C=O) groups is 2. The Hall–Kier alpha value is -3.81. The lowest BCUT2D eigenvalue weighted by Gasteiger charge is -2.20. The second kappa shape index (κ2) is 8.05. The number of ketones is 1. The van der Waals surface area contributed by atoms with Crippen molar-refractivity contribution in [1.82, 2.24) is 14.8 Å². The largest absolute Gasteiger partial charge is 0.304 e. The van der Waals surface area contributed by atoms with Crippen LogP contribution in [0.4, 0.5) is 11.5 Å². The molecule has 1 N–H and O–H groups in total. The lowest BCUT2D eigenvalue weighted by atomic mass is 10.1. The minimum Gasteiger partial charge on any atom is -0.304 e. The van der Waals surface area contributed by atoms with Crippen LogP contribution in [0.2, 0.25) is 0 Å². The number of anilines is 2. The maximum atomic E-state index is 12.7. The summed E-state index contributed by atoms with van der Waals surface area (Å²) in [7, 11) is 0. The van der Waals surface area contributed by atoms with Crippen molar-refractivity contribution in [3.05, 3.63) is 72.7 Å². The first-order chi connectivity index (χ1) is 14.1. The Labute approximate surface area is 167 Å². The fourth-order valence-electron chi connectivity index (χ4n) is 3.15. The van der Waals surface area contributed by atoms with Crippen molar-refractivity contribution >= 4 is 28.9 Å². The lowest BCUT2D eigenvalue weighted by molar-refractivity contribution is -0.118. The van der Waals surface area contributed by atoms with Crippen molar-refractivity contribution in [3.8, 4) is 0 Å². The molecule has 0 radical (unpaired) electrons. The van der Waals surface area contributed by atoms with Crippen LogP contribution in [0.15, 0.2) is 72.1 Å². The maximum absolute atomic E-state index is 12.7. The summed E-state index contributed by atoms with van der Waals surface area (Å²) in [6.07, 6.45) is 3.75. The Bertz CT molecular complexity index is 1050. The Balaban J connectivity index is 1.46. The van der Waals surface area contributed by atoms with Gasteiger partial charge in [0, 0.05) is 24.9 Å². The minimum atomic E-state index is -0.486. The topological polar surface area (TPSA) is 92.5 Å². The molecule has 0 saturated heterocycles. The molecular formula is C21H20N6O2. The molecular weight excluding hydrogens is 368 g/mol. The van der Waals surface area contributed by atoms with Gasteiger partial charge in [-0.25, -0.2) is 0 Å². The number of nitrogens with zero attached hydrogens (tertiary/aromatic N) is 5. The minimum absolute atomic E-state index is 0.0416. The molecule has 146 valence electrons. The number of hydrogen-bond acceptors (Lipinski definition) is 6. The predicted octanol–water partition coefficient (Wildman–Crippen LogP) is 2.49. The van der Waals surface area contributed by atoms with E-state index in [2.05, 4.69) is 20.5 Å². The molecule has 0 saturated carbocycles. The molecule has 1 atom stereocenters. The standard InChI is InChI=1S/C21H20N6O2/c1-15(28)19-13-18(24-27(19)17-8-3-2-4-9-17)21(29)23-20-10-12-26(25-20)14-16-7-5-6-11-22-16/h2-12,19H,13-14H2,1H3,(H,23,25,29). The van der Waals surface area contributed by atoms with Crippen molar-refractivity contribution in [2.24, 2.45) is 5.10 Å². The average molecular weight is 388 g/mol. The van der Waals surface area contributed by atoms with Crippen molar-refractivity contribution in [2.75, 3.05) is 10.3 Å².